The molecule has 0 bridgehead atoms. The van der Waals surface area contributed by atoms with Gasteiger partial charge in [-0.2, -0.15) is 0 Å². The van der Waals surface area contributed by atoms with E-state index in [-0.39, 0.29) is 5.97 Å². The first-order valence-electron chi connectivity index (χ1n) is 4.88. The largest absolute Gasteiger partial charge is 0.425 e. The van der Waals surface area contributed by atoms with Gasteiger partial charge in [0.15, 0.2) is 0 Å². The number of ether oxygens (including phenoxy) is 1. The molecule has 2 heterocycles. The van der Waals surface area contributed by atoms with Crippen LogP contribution in [0, 0.1) is 0 Å². The molecular formula is C11H12N2O2. The number of hydrogen-bond donors (Lipinski definition) is 0. The van der Waals surface area contributed by atoms with Crippen LogP contribution in [0.15, 0.2) is 29.5 Å². The van der Waals surface area contributed by atoms with E-state index >= 15 is 0 Å². The third kappa shape index (κ3) is 2.15. The number of carbonyl (C=O) groups excluding carboxylic acids is 1. The first kappa shape index (κ1) is 9.71. The molecule has 0 atom stereocenters. The lowest BCUT2D eigenvalue weighted by Crippen LogP contribution is -2.04. The maximum atomic E-state index is 11.1. The molecule has 2 rings (SSSR count). The smallest absolute Gasteiger partial charge is 0.310 e. The van der Waals surface area contributed by atoms with Crippen molar-refractivity contribution in [3.05, 3.63) is 30.2 Å². The Bertz CT molecular complexity index is 430. The van der Waals surface area contributed by atoms with Gasteiger partial charge >= 0.3 is 5.97 Å². The van der Waals surface area contributed by atoms with E-state index in [2.05, 4.69) is 4.99 Å². The van der Waals surface area contributed by atoms with E-state index in [9.17, 15) is 4.79 Å². The van der Waals surface area contributed by atoms with Gasteiger partial charge < -0.3 is 9.30 Å². The Morgan fingerprint density at radius 2 is 2.53 bits per heavy atom. The van der Waals surface area contributed by atoms with Crippen LogP contribution in [0.25, 0.3) is 0 Å². The van der Waals surface area contributed by atoms with Crippen molar-refractivity contribution in [3.63, 3.8) is 0 Å². The quantitative estimate of drug-likeness (QED) is 0.689. The number of nitrogens with zero attached hydrogens (tertiary/aromatic N) is 2. The van der Waals surface area contributed by atoms with E-state index < -0.39 is 0 Å². The average Bonchev–Trinajstić information content (AvgIpc) is 2.48. The van der Waals surface area contributed by atoms with Gasteiger partial charge in [-0.15, -0.1) is 0 Å². The second kappa shape index (κ2) is 4.13. The summed E-state index contributed by atoms with van der Waals surface area (Å²) in [5.41, 5.74) is 0.943. The van der Waals surface area contributed by atoms with Crippen LogP contribution in [-0.2, 0) is 11.3 Å². The van der Waals surface area contributed by atoms with Crippen LogP contribution in [0.3, 0.4) is 0 Å². The molecule has 1 aliphatic heterocycles. The highest BCUT2D eigenvalue weighted by Crippen LogP contribution is 2.17. The lowest BCUT2D eigenvalue weighted by molar-refractivity contribution is -0.134. The predicted octanol–water partition coefficient (Wildman–Crippen LogP) is 1.75. The fourth-order valence-electron chi connectivity index (χ4n) is 1.36. The molecule has 0 radical (unpaired) electrons. The zero-order chi connectivity index (χ0) is 10.7. The van der Waals surface area contributed by atoms with E-state index in [1.54, 1.807) is 19.3 Å². The molecule has 4 nitrogen and oxygen atoms in total. The molecule has 0 aliphatic carbocycles. The minimum atomic E-state index is -0.219. The second-order valence-corrected chi connectivity index (χ2v) is 3.24. The van der Waals surface area contributed by atoms with Gasteiger partial charge in [0.05, 0.1) is 11.9 Å². The Morgan fingerprint density at radius 1 is 1.67 bits per heavy atom. The number of allylic oxidation sites excluding steroid dienone is 1. The summed E-state index contributed by atoms with van der Waals surface area (Å²) in [6, 6.07) is 1.81. The van der Waals surface area contributed by atoms with Crippen LogP contribution < -0.4 is 4.74 Å². The van der Waals surface area contributed by atoms with E-state index in [4.69, 9.17) is 4.74 Å². The topological polar surface area (TPSA) is 43.6 Å². The predicted molar refractivity (Wildman–Crippen MR) is 57.1 cm³/mol. The first-order chi connectivity index (χ1) is 7.29. The molecule has 0 saturated carbocycles. The molecule has 15 heavy (non-hydrogen) atoms. The van der Waals surface area contributed by atoms with Crippen molar-refractivity contribution in [1.29, 1.82) is 0 Å². The van der Waals surface area contributed by atoms with Crippen LogP contribution in [0.5, 0.6) is 5.75 Å². The Labute approximate surface area is 87.9 Å². The van der Waals surface area contributed by atoms with Gasteiger partial charge in [-0.05, 0) is 6.08 Å². The fraction of sp³-hybridized carbons (Fsp3) is 0.273. The second-order valence-electron chi connectivity index (χ2n) is 3.24. The van der Waals surface area contributed by atoms with E-state index in [0.29, 0.717) is 12.2 Å². The SMILES string of the molecule is CCC(=O)Oc1cc2n(c1)CC=CN=C2. The van der Waals surface area contributed by atoms with Gasteiger partial charge in [-0.1, -0.05) is 6.92 Å². The number of esters is 1. The molecule has 0 aromatic carbocycles. The van der Waals surface area contributed by atoms with Crippen molar-refractivity contribution in [1.82, 2.24) is 4.57 Å². The summed E-state index contributed by atoms with van der Waals surface area (Å²) < 4.78 is 7.09. The zero-order valence-electron chi connectivity index (χ0n) is 8.51. The number of carbonyl (C=O) groups is 1. The molecule has 78 valence electrons. The molecule has 0 amide bonds. The van der Waals surface area contributed by atoms with Gasteiger partial charge in [0, 0.05) is 31.4 Å². The summed E-state index contributed by atoms with van der Waals surface area (Å²) in [7, 11) is 0. The monoisotopic (exact) mass is 204 g/mol. The van der Waals surface area contributed by atoms with E-state index in [0.717, 1.165) is 12.2 Å². The number of aromatic nitrogens is 1. The van der Waals surface area contributed by atoms with Crippen molar-refractivity contribution in [2.75, 3.05) is 0 Å². The van der Waals surface area contributed by atoms with Gasteiger partial charge in [-0.3, -0.25) is 9.79 Å². The molecule has 0 saturated heterocycles. The number of rotatable bonds is 2. The highest BCUT2D eigenvalue weighted by Gasteiger charge is 2.08. The number of fused-ring (bicyclic) bond motifs is 1. The summed E-state index contributed by atoms with van der Waals surface area (Å²) in [5, 5.41) is 0. The molecular weight excluding hydrogens is 192 g/mol. The van der Waals surface area contributed by atoms with Crippen LogP contribution in [0.1, 0.15) is 19.0 Å². The van der Waals surface area contributed by atoms with Gasteiger partial charge in [0.25, 0.3) is 0 Å². The molecule has 0 spiro atoms. The summed E-state index contributed by atoms with van der Waals surface area (Å²) in [6.45, 7) is 2.52. The Kier molecular flexibility index (Phi) is 2.67. The molecule has 0 fully saturated rings. The molecule has 1 aromatic heterocycles. The average molecular weight is 204 g/mol. The third-order valence-corrected chi connectivity index (χ3v) is 2.13. The lowest BCUT2D eigenvalue weighted by Gasteiger charge is -1.98. The Morgan fingerprint density at radius 3 is 3.33 bits per heavy atom. The lowest BCUT2D eigenvalue weighted by atomic mass is 10.4. The summed E-state index contributed by atoms with van der Waals surface area (Å²) in [4.78, 5) is 15.1. The normalized spacial score (nSPS) is 13.4. The highest BCUT2D eigenvalue weighted by atomic mass is 16.5. The minimum absolute atomic E-state index is 0.219. The highest BCUT2D eigenvalue weighted by molar-refractivity contribution is 5.80. The van der Waals surface area contributed by atoms with E-state index in [1.165, 1.54) is 0 Å². The Balaban J connectivity index is 2.20. The Hall–Kier alpha value is -1.84. The fourth-order valence-corrected chi connectivity index (χ4v) is 1.36. The van der Waals surface area contributed by atoms with Crippen molar-refractivity contribution in [3.8, 4) is 5.75 Å². The van der Waals surface area contributed by atoms with Gasteiger partial charge in [0.2, 0.25) is 0 Å². The first-order valence-corrected chi connectivity index (χ1v) is 4.88. The minimum Gasteiger partial charge on any atom is -0.425 e. The molecule has 0 unspecified atom stereocenters. The molecule has 0 N–H and O–H groups in total. The molecule has 1 aromatic rings. The zero-order valence-corrected chi connectivity index (χ0v) is 8.51. The van der Waals surface area contributed by atoms with Crippen LogP contribution in [0.4, 0.5) is 0 Å². The summed E-state index contributed by atoms with van der Waals surface area (Å²) in [6.07, 6.45) is 7.63. The van der Waals surface area contributed by atoms with Crippen molar-refractivity contribution in [2.45, 2.75) is 19.9 Å². The van der Waals surface area contributed by atoms with Crippen molar-refractivity contribution in [2.24, 2.45) is 4.99 Å². The number of hydrogen-bond acceptors (Lipinski definition) is 3. The molecule has 4 heteroatoms. The summed E-state index contributed by atoms with van der Waals surface area (Å²) >= 11 is 0. The van der Waals surface area contributed by atoms with Crippen molar-refractivity contribution >= 4 is 12.2 Å². The molecule has 1 aliphatic rings. The third-order valence-electron chi connectivity index (χ3n) is 2.13. The van der Waals surface area contributed by atoms with Crippen molar-refractivity contribution < 1.29 is 9.53 Å². The number of aliphatic imine (C=N–C) groups is 1. The maximum absolute atomic E-state index is 11.1. The van der Waals surface area contributed by atoms with Gasteiger partial charge in [0.1, 0.15) is 5.75 Å². The van der Waals surface area contributed by atoms with E-state index in [1.807, 2.05) is 22.9 Å². The summed E-state index contributed by atoms with van der Waals surface area (Å²) in [5.74, 6) is 0.363. The van der Waals surface area contributed by atoms with Crippen LogP contribution in [0.2, 0.25) is 0 Å². The van der Waals surface area contributed by atoms with Gasteiger partial charge in [-0.25, -0.2) is 0 Å². The maximum Gasteiger partial charge on any atom is 0.310 e. The van der Waals surface area contributed by atoms with Crippen LogP contribution in [-0.4, -0.2) is 16.8 Å². The van der Waals surface area contributed by atoms with Crippen LogP contribution >= 0.6 is 0 Å². The standard InChI is InChI=1S/C11H12N2O2/c1-2-11(14)15-10-6-9-7-12-4-3-5-13(9)8-10/h3-4,6-8H,2,5H2,1H3.